The van der Waals surface area contributed by atoms with Crippen LogP contribution in [0.25, 0.3) is 11.8 Å². The van der Waals surface area contributed by atoms with Gasteiger partial charge in [-0.05, 0) is 31.4 Å². The van der Waals surface area contributed by atoms with E-state index in [1.54, 1.807) is 25.3 Å². The van der Waals surface area contributed by atoms with E-state index in [1.807, 2.05) is 19.0 Å². The first kappa shape index (κ1) is 17.1. The highest BCUT2D eigenvalue weighted by Gasteiger charge is 2.26. The molecule has 1 aliphatic rings. The summed E-state index contributed by atoms with van der Waals surface area (Å²) in [4.78, 5) is 18.9. The first-order valence-corrected chi connectivity index (χ1v) is 7.84. The Labute approximate surface area is 136 Å². The van der Waals surface area contributed by atoms with Crippen LogP contribution < -0.4 is 10.4 Å². The average molecular weight is 316 g/mol. The number of hydrogen-bond donors (Lipinski definition) is 1. The number of fused-ring (bicyclic) bond motifs is 1. The molecule has 5 heteroatoms. The van der Waals surface area contributed by atoms with Crippen molar-refractivity contribution in [3.8, 4) is 5.75 Å². The molecule has 0 saturated heterocycles. The summed E-state index contributed by atoms with van der Waals surface area (Å²) in [6.45, 7) is 6.25. The van der Waals surface area contributed by atoms with Gasteiger partial charge in [-0.25, -0.2) is 4.79 Å². The number of aromatic hydroxyl groups is 1. The second-order valence-electron chi connectivity index (χ2n) is 6.24. The summed E-state index contributed by atoms with van der Waals surface area (Å²) in [5.74, 6) is 0.104. The Morgan fingerprint density at radius 3 is 2.65 bits per heavy atom. The minimum absolute atomic E-state index is 0.125. The monoisotopic (exact) mass is 316 g/mol. The van der Waals surface area contributed by atoms with E-state index in [2.05, 4.69) is 18.8 Å². The van der Waals surface area contributed by atoms with Crippen LogP contribution in [0.1, 0.15) is 27.2 Å². The lowest BCUT2D eigenvalue weighted by Gasteiger charge is -2.09. The van der Waals surface area contributed by atoms with Gasteiger partial charge in [0.1, 0.15) is 5.75 Å². The van der Waals surface area contributed by atoms with Crippen LogP contribution in [-0.4, -0.2) is 42.4 Å². The number of ether oxygens (including phenoxy) is 1. The minimum Gasteiger partial charge on any atom is -0.507 e. The predicted octanol–water partition coefficient (Wildman–Crippen LogP) is 1.54. The molecule has 0 unspecified atom stereocenters. The first-order chi connectivity index (χ1) is 10.8. The van der Waals surface area contributed by atoms with Crippen molar-refractivity contribution in [1.82, 2.24) is 4.90 Å². The highest BCUT2D eigenvalue weighted by atomic mass is 16.5. The molecule has 0 spiro atoms. The van der Waals surface area contributed by atoms with Crippen molar-refractivity contribution in [2.45, 2.75) is 27.2 Å². The van der Waals surface area contributed by atoms with Crippen LogP contribution in [0.5, 0.6) is 5.75 Å². The molecule has 124 valence electrons. The first-order valence-electron chi connectivity index (χ1n) is 7.84. The van der Waals surface area contributed by atoms with Crippen LogP contribution in [0.2, 0.25) is 0 Å². The Morgan fingerprint density at radius 1 is 1.39 bits per heavy atom. The molecule has 0 amide bonds. The minimum atomic E-state index is -0.385. The Bertz CT molecular complexity index is 761. The number of carbonyl (C=O) groups excluding carboxylic acids is 1. The van der Waals surface area contributed by atoms with E-state index < -0.39 is 0 Å². The van der Waals surface area contributed by atoms with Crippen LogP contribution in [0, 0.1) is 5.92 Å². The number of phenols is 1. The topological polar surface area (TPSA) is 62.1 Å². The zero-order valence-corrected chi connectivity index (χ0v) is 14.4. The molecule has 0 fully saturated rings. The van der Waals surface area contributed by atoms with Crippen molar-refractivity contribution in [3.05, 3.63) is 22.6 Å². The van der Waals surface area contributed by atoms with Crippen molar-refractivity contribution >= 4 is 29.1 Å². The number of esters is 1. The highest BCUT2D eigenvalue weighted by Crippen LogP contribution is 2.22. The molecular formula is C18H24N2O3. The lowest BCUT2D eigenvalue weighted by molar-refractivity contribution is -0.135. The number of carbonyl (C=O) groups is 1. The summed E-state index contributed by atoms with van der Waals surface area (Å²) in [7, 11) is 3.74. The molecule has 2 rings (SSSR count). The third-order valence-corrected chi connectivity index (χ3v) is 3.46. The van der Waals surface area contributed by atoms with Gasteiger partial charge in [-0.3, -0.25) is 4.99 Å². The van der Waals surface area contributed by atoms with E-state index in [0.717, 1.165) is 5.71 Å². The fourth-order valence-corrected chi connectivity index (χ4v) is 2.64. The smallest absolute Gasteiger partial charge is 0.340 e. The SMILES string of the molecule is CCOC(=O)C1=c2c(ccc(O)/c2=C/N(C)C)N=C1CC(C)C. The molecule has 1 heterocycles. The van der Waals surface area contributed by atoms with Gasteiger partial charge in [0.05, 0.1) is 23.6 Å². The van der Waals surface area contributed by atoms with Gasteiger partial charge in [0.25, 0.3) is 0 Å². The molecular weight excluding hydrogens is 292 g/mol. The maximum Gasteiger partial charge on any atom is 0.340 e. The van der Waals surface area contributed by atoms with Crippen molar-refractivity contribution in [2.75, 3.05) is 20.7 Å². The largest absolute Gasteiger partial charge is 0.507 e. The maximum atomic E-state index is 12.5. The molecule has 0 aromatic heterocycles. The van der Waals surface area contributed by atoms with E-state index in [-0.39, 0.29) is 11.7 Å². The van der Waals surface area contributed by atoms with Gasteiger partial charge in [-0.2, -0.15) is 0 Å². The van der Waals surface area contributed by atoms with E-state index >= 15 is 0 Å². The van der Waals surface area contributed by atoms with E-state index in [0.29, 0.717) is 40.6 Å². The zero-order chi connectivity index (χ0) is 17.1. The molecule has 0 saturated carbocycles. The quantitative estimate of drug-likeness (QED) is 0.837. The predicted molar refractivity (Wildman–Crippen MR) is 92.1 cm³/mol. The molecule has 1 N–H and O–H groups in total. The standard InChI is InChI=1S/C18H24N2O3/c1-6-23-18(22)17-14(9-11(2)3)19-13-7-8-15(21)12(16(13)17)10-20(4)5/h7-8,10-11,21H,6,9H2,1-5H3/b12-10-. The Kier molecular flexibility index (Phi) is 5.08. The number of benzene rings is 1. The Morgan fingerprint density at radius 2 is 2.09 bits per heavy atom. The molecule has 5 nitrogen and oxygen atoms in total. The summed E-state index contributed by atoms with van der Waals surface area (Å²) in [5, 5.41) is 11.5. The van der Waals surface area contributed by atoms with Gasteiger partial charge in [0.2, 0.25) is 0 Å². The second kappa shape index (κ2) is 6.86. The fourth-order valence-electron chi connectivity index (χ4n) is 2.64. The van der Waals surface area contributed by atoms with E-state index in [4.69, 9.17) is 4.74 Å². The number of aliphatic imine (C=N–C) groups is 1. The molecule has 0 bridgehead atoms. The van der Waals surface area contributed by atoms with Crippen LogP contribution in [0.3, 0.4) is 0 Å². The number of rotatable bonds is 5. The molecule has 23 heavy (non-hydrogen) atoms. The van der Waals surface area contributed by atoms with Crippen LogP contribution in [-0.2, 0) is 9.53 Å². The second-order valence-corrected chi connectivity index (χ2v) is 6.24. The van der Waals surface area contributed by atoms with E-state index in [9.17, 15) is 9.90 Å². The van der Waals surface area contributed by atoms with Gasteiger partial charge in [0.15, 0.2) is 0 Å². The number of hydrogen-bond acceptors (Lipinski definition) is 5. The van der Waals surface area contributed by atoms with Gasteiger partial charge in [0, 0.05) is 30.7 Å². The highest BCUT2D eigenvalue weighted by molar-refractivity contribution is 6.42. The van der Waals surface area contributed by atoms with Gasteiger partial charge in [-0.15, -0.1) is 0 Å². The summed E-state index contributed by atoms with van der Waals surface area (Å²) < 4.78 is 5.23. The summed E-state index contributed by atoms with van der Waals surface area (Å²) in [5.41, 5.74) is 1.90. The van der Waals surface area contributed by atoms with Gasteiger partial charge < -0.3 is 14.7 Å². The lowest BCUT2D eigenvalue weighted by atomic mass is 9.99. The Balaban J connectivity index is 2.80. The van der Waals surface area contributed by atoms with Crippen molar-refractivity contribution in [2.24, 2.45) is 10.9 Å². The van der Waals surface area contributed by atoms with Crippen molar-refractivity contribution in [3.63, 3.8) is 0 Å². The summed E-state index contributed by atoms with van der Waals surface area (Å²) in [6.07, 6.45) is 2.48. The van der Waals surface area contributed by atoms with Crippen LogP contribution >= 0.6 is 0 Å². The maximum absolute atomic E-state index is 12.5. The summed E-state index contributed by atoms with van der Waals surface area (Å²) >= 11 is 0. The van der Waals surface area contributed by atoms with Gasteiger partial charge >= 0.3 is 5.97 Å². The van der Waals surface area contributed by atoms with Crippen LogP contribution in [0.15, 0.2) is 17.1 Å². The number of phenolic OH excluding ortho intramolecular Hbond substituents is 1. The summed E-state index contributed by atoms with van der Waals surface area (Å²) in [6, 6.07) is 3.35. The Hall–Kier alpha value is -2.30. The molecule has 1 aromatic carbocycles. The molecule has 0 radical (unpaired) electrons. The third kappa shape index (κ3) is 3.55. The van der Waals surface area contributed by atoms with E-state index in [1.165, 1.54) is 0 Å². The molecule has 0 atom stereocenters. The average Bonchev–Trinajstić information content (AvgIpc) is 2.79. The number of nitrogens with zero attached hydrogens (tertiary/aromatic N) is 2. The molecule has 1 aromatic rings. The van der Waals surface area contributed by atoms with Crippen molar-refractivity contribution in [1.29, 1.82) is 0 Å². The third-order valence-electron chi connectivity index (χ3n) is 3.46. The molecule has 1 aliphatic heterocycles. The molecule has 0 aliphatic carbocycles. The van der Waals surface area contributed by atoms with Crippen LogP contribution in [0.4, 0.5) is 5.69 Å². The van der Waals surface area contributed by atoms with Gasteiger partial charge in [-0.1, -0.05) is 13.8 Å². The zero-order valence-electron chi connectivity index (χ0n) is 14.4. The normalized spacial score (nSPS) is 14.1. The lowest BCUT2D eigenvalue weighted by Crippen LogP contribution is -2.32. The van der Waals surface area contributed by atoms with Crippen molar-refractivity contribution < 1.29 is 14.6 Å². The fraction of sp³-hybridized carbons (Fsp3) is 0.444.